The standard InChI is InChI=1S/C16H15Cl2NO3.ClH/c1-9(20)15-11(17)3-4-12(16(15)18)22-14-8-19(2)7-13-10(14)5-6-21-13;/h3-6,14H,7-8H2,1-2H3;1H. The van der Waals surface area contributed by atoms with Crippen LogP contribution in [0.2, 0.25) is 10.0 Å². The molecule has 1 atom stereocenters. The van der Waals surface area contributed by atoms with Gasteiger partial charge in [-0.15, -0.1) is 12.4 Å². The molecule has 2 aromatic rings. The van der Waals surface area contributed by atoms with Gasteiger partial charge in [-0.05, 0) is 32.2 Å². The third kappa shape index (κ3) is 3.50. The lowest BCUT2D eigenvalue weighted by Crippen LogP contribution is -2.32. The van der Waals surface area contributed by atoms with Gasteiger partial charge in [0.2, 0.25) is 0 Å². The van der Waals surface area contributed by atoms with Gasteiger partial charge in [0.25, 0.3) is 0 Å². The van der Waals surface area contributed by atoms with Crippen LogP contribution in [0.15, 0.2) is 28.9 Å². The van der Waals surface area contributed by atoms with Crippen molar-refractivity contribution in [2.24, 2.45) is 0 Å². The Hall–Kier alpha value is -1.20. The van der Waals surface area contributed by atoms with Crippen LogP contribution in [-0.4, -0.2) is 24.3 Å². The van der Waals surface area contributed by atoms with Gasteiger partial charge in [0, 0.05) is 12.1 Å². The molecule has 7 heteroatoms. The van der Waals surface area contributed by atoms with Crippen molar-refractivity contribution in [1.29, 1.82) is 0 Å². The van der Waals surface area contributed by atoms with Crippen LogP contribution < -0.4 is 4.74 Å². The number of fused-ring (bicyclic) bond motifs is 1. The first-order chi connectivity index (χ1) is 10.5. The first kappa shape index (κ1) is 18.1. The van der Waals surface area contributed by atoms with Gasteiger partial charge < -0.3 is 9.15 Å². The lowest BCUT2D eigenvalue weighted by Gasteiger charge is -2.29. The van der Waals surface area contributed by atoms with Crippen LogP contribution in [0.4, 0.5) is 0 Å². The maximum absolute atomic E-state index is 11.7. The van der Waals surface area contributed by atoms with E-state index in [0.717, 1.165) is 17.9 Å². The second kappa shape index (κ2) is 7.14. The quantitative estimate of drug-likeness (QED) is 0.723. The lowest BCUT2D eigenvalue weighted by molar-refractivity contribution is 0.101. The summed E-state index contributed by atoms with van der Waals surface area (Å²) in [5.41, 5.74) is 1.30. The predicted octanol–water partition coefficient (Wildman–Crippen LogP) is 4.78. The van der Waals surface area contributed by atoms with E-state index in [1.54, 1.807) is 18.4 Å². The summed E-state index contributed by atoms with van der Waals surface area (Å²) in [6, 6.07) is 5.22. The van der Waals surface area contributed by atoms with E-state index in [1.165, 1.54) is 6.92 Å². The topological polar surface area (TPSA) is 42.7 Å². The van der Waals surface area contributed by atoms with E-state index in [-0.39, 0.29) is 34.9 Å². The van der Waals surface area contributed by atoms with Gasteiger partial charge >= 0.3 is 0 Å². The molecule has 0 radical (unpaired) electrons. The Morgan fingerprint density at radius 2 is 2.09 bits per heavy atom. The van der Waals surface area contributed by atoms with Crippen LogP contribution in [0.25, 0.3) is 0 Å². The van der Waals surface area contributed by atoms with Crippen LogP contribution >= 0.6 is 35.6 Å². The SMILES string of the molecule is CC(=O)c1c(Cl)ccc(OC2CN(C)Cc3occc32)c1Cl.Cl. The molecule has 23 heavy (non-hydrogen) atoms. The molecule has 2 heterocycles. The first-order valence-electron chi connectivity index (χ1n) is 6.87. The van der Waals surface area contributed by atoms with Gasteiger partial charge in [0.05, 0.1) is 28.4 Å². The van der Waals surface area contributed by atoms with Gasteiger partial charge in [0.1, 0.15) is 17.6 Å². The minimum absolute atomic E-state index is 0. The maximum Gasteiger partial charge on any atom is 0.162 e. The van der Waals surface area contributed by atoms with Crippen LogP contribution in [0.1, 0.15) is 34.7 Å². The molecular weight excluding hydrogens is 361 g/mol. The van der Waals surface area contributed by atoms with Crippen molar-refractivity contribution in [2.75, 3.05) is 13.6 Å². The zero-order valence-electron chi connectivity index (χ0n) is 12.6. The molecule has 0 N–H and O–H groups in total. The molecular formula is C16H16Cl3NO3. The Balaban J connectivity index is 0.00000192. The number of benzene rings is 1. The first-order valence-corrected chi connectivity index (χ1v) is 7.63. The molecule has 0 fully saturated rings. The molecule has 1 aromatic carbocycles. The van der Waals surface area contributed by atoms with Gasteiger partial charge in [-0.2, -0.15) is 0 Å². The van der Waals surface area contributed by atoms with E-state index < -0.39 is 0 Å². The number of ether oxygens (including phenoxy) is 1. The van der Waals surface area contributed by atoms with Gasteiger partial charge in [-0.25, -0.2) is 0 Å². The highest BCUT2D eigenvalue weighted by atomic mass is 35.5. The minimum atomic E-state index is -0.203. The molecule has 4 nitrogen and oxygen atoms in total. The fraction of sp³-hybridized carbons (Fsp3) is 0.312. The molecule has 1 aliphatic rings. The second-order valence-electron chi connectivity index (χ2n) is 5.39. The van der Waals surface area contributed by atoms with Crippen LogP contribution in [0.5, 0.6) is 5.75 Å². The number of carbonyl (C=O) groups excluding carboxylic acids is 1. The Morgan fingerprint density at radius 3 is 2.78 bits per heavy atom. The van der Waals surface area contributed by atoms with E-state index >= 15 is 0 Å². The van der Waals surface area contributed by atoms with Crippen LogP contribution in [-0.2, 0) is 6.54 Å². The summed E-state index contributed by atoms with van der Waals surface area (Å²) < 4.78 is 11.5. The molecule has 3 rings (SSSR count). The van der Waals surface area contributed by atoms with Crippen molar-refractivity contribution >= 4 is 41.4 Å². The highest BCUT2D eigenvalue weighted by molar-refractivity contribution is 6.40. The van der Waals surface area contributed by atoms with E-state index in [4.69, 9.17) is 32.4 Å². The normalized spacial score (nSPS) is 17.3. The van der Waals surface area contributed by atoms with Gasteiger partial charge in [0.15, 0.2) is 5.78 Å². The molecule has 1 aliphatic heterocycles. The molecule has 124 valence electrons. The highest BCUT2D eigenvalue weighted by Crippen LogP contribution is 2.38. The summed E-state index contributed by atoms with van der Waals surface area (Å²) in [6.45, 7) is 2.88. The van der Waals surface area contributed by atoms with Crippen molar-refractivity contribution in [3.05, 3.63) is 51.4 Å². The number of ketones is 1. The van der Waals surface area contributed by atoms with Crippen LogP contribution in [0.3, 0.4) is 0 Å². The zero-order valence-corrected chi connectivity index (χ0v) is 15.0. The second-order valence-corrected chi connectivity index (χ2v) is 6.18. The fourth-order valence-corrected chi connectivity index (χ4v) is 3.34. The van der Waals surface area contributed by atoms with Crippen molar-refractivity contribution in [3.8, 4) is 5.75 Å². The highest BCUT2D eigenvalue weighted by Gasteiger charge is 2.28. The average molecular weight is 377 g/mol. The summed E-state index contributed by atoms with van der Waals surface area (Å²) in [5.74, 6) is 1.14. The zero-order chi connectivity index (χ0) is 15.9. The number of hydrogen-bond donors (Lipinski definition) is 0. The number of rotatable bonds is 3. The predicted molar refractivity (Wildman–Crippen MR) is 92.1 cm³/mol. The summed E-state index contributed by atoms with van der Waals surface area (Å²) in [4.78, 5) is 13.8. The molecule has 0 saturated heterocycles. The fourth-order valence-electron chi connectivity index (χ4n) is 2.66. The van der Waals surface area contributed by atoms with Crippen molar-refractivity contribution in [2.45, 2.75) is 19.6 Å². The third-order valence-electron chi connectivity index (χ3n) is 3.69. The average Bonchev–Trinajstić information content (AvgIpc) is 2.89. The largest absolute Gasteiger partial charge is 0.483 e. The molecule has 0 amide bonds. The number of hydrogen-bond acceptors (Lipinski definition) is 4. The molecule has 0 aliphatic carbocycles. The Kier molecular flexibility index (Phi) is 5.63. The van der Waals surface area contributed by atoms with Crippen molar-refractivity contribution in [3.63, 3.8) is 0 Å². The number of halogens is 3. The van der Waals surface area contributed by atoms with E-state index in [0.29, 0.717) is 17.3 Å². The summed E-state index contributed by atoms with van der Waals surface area (Å²) in [7, 11) is 1.99. The number of likely N-dealkylation sites (N-methyl/N-ethyl adjacent to an activating group) is 1. The third-order valence-corrected chi connectivity index (χ3v) is 4.38. The maximum atomic E-state index is 11.7. The number of Topliss-reactive ketones (excluding diaryl/α,β-unsaturated/α-hetero) is 1. The van der Waals surface area contributed by atoms with Crippen molar-refractivity contribution in [1.82, 2.24) is 4.90 Å². The summed E-state index contributed by atoms with van der Waals surface area (Å²) >= 11 is 12.3. The lowest BCUT2D eigenvalue weighted by atomic mass is 10.1. The minimum Gasteiger partial charge on any atom is -0.483 e. The van der Waals surface area contributed by atoms with Gasteiger partial charge in [-0.1, -0.05) is 23.2 Å². The summed E-state index contributed by atoms with van der Waals surface area (Å²) in [6.07, 6.45) is 1.45. The Morgan fingerprint density at radius 1 is 1.35 bits per heavy atom. The van der Waals surface area contributed by atoms with E-state index in [9.17, 15) is 4.79 Å². The van der Waals surface area contributed by atoms with E-state index in [2.05, 4.69) is 4.90 Å². The monoisotopic (exact) mass is 375 g/mol. The Labute approximate surface area is 150 Å². The molecule has 1 unspecified atom stereocenters. The summed E-state index contributed by atoms with van der Waals surface area (Å²) in [5, 5.41) is 0.577. The smallest absolute Gasteiger partial charge is 0.162 e. The molecule has 0 spiro atoms. The van der Waals surface area contributed by atoms with Crippen LogP contribution in [0, 0.1) is 0 Å². The van der Waals surface area contributed by atoms with Crippen molar-refractivity contribution < 1.29 is 13.9 Å². The number of nitrogens with zero attached hydrogens (tertiary/aromatic N) is 1. The Bertz CT molecular complexity index is 729. The van der Waals surface area contributed by atoms with Gasteiger partial charge in [-0.3, -0.25) is 9.69 Å². The molecule has 1 aromatic heterocycles. The molecule has 0 saturated carbocycles. The number of furan rings is 1. The van der Waals surface area contributed by atoms with E-state index in [1.807, 2.05) is 13.1 Å². The number of carbonyl (C=O) groups is 1. The molecule has 0 bridgehead atoms.